The molecule has 6 heteroatoms. The highest BCUT2D eigenvalue weighted by atomic mass is 32.2. The Kier molecular flexibility index (Phi) is 4.63. The van der Waals surface area contributed by atoms with Gasteiger partial charge < -0.3 is 0 Å². The third-order valence-corrected chi connectivity index (χ3v) is 6.70. The molecule has 0 aliphatic heterocycles. The van der Waals surface area contributed by atoms with Gasteiger partial charge in [0.1, 0.15) is 0 Å². The smallest absolute Gasteiger partial charge is 0.238 e. The second-order valence-corrected chi connectivity index (χ2v) is 9.18. The second-order valence-electron chi connectivity index (χ2n) is 6.57. The molecule has 0 aliphatic rings. The van der Waals surface area contributed by atoms with Crippen LogP contribution in [-0.4, -0.2) is 8.42 Å². The van der Waals surface area contributed by atoms with Crippen LogP contribution in [0, 0.1) is 6.92 Å². The van der Waals surface area contributed by atoms with Crippen molar-refractivity contribution in [1.29, 1.82) is 0 Å². The Morgan fingerprint density at radius 2 is 1.57 bits per heavy atom. The predicted molar refractivity (Wildman–Crippen MR) is 115 cm³/mol. The number of hydrogen-bond donors (Lipinski definition) is 1. The zero-order valence-electron chi connectivity index (χ0n) is 15.0. The van der Waals surface area contributed by atoms with Crippen LogP contribution in [0.2, 0.25) is 0 Å². The van der Waals surface area contributed by atoms with Crippen molar-refractivity contribution in [3.05, 3.63) is 88.6 Å². The monoisotopic (exact) mass is 407 g/mol. The van der Waals surface area contributed by atoms with Gasteiger partial charge in [0, 0.05) is 20.5 Å². The highest BCUT2D eigenvalue weighted by Gasteiger charge is 2.17. The molecule has 0 amide bonds. The Balaban J connectivity index is 2.04. The van der Waals surface area contributed by atoms with E-state index < -0.39 is 10.0 Å². The van der Waals surface area contributed by atoms with E-state index in [9.17, 15) is 13.2 Å². The van der Waals surface area contributed by atoms with Crippen LogP contribution in [0.4, 0.5) is 0 Å². The lowest BCUT2D eigenvalue weighted by molar-refractivity contribution is 0.598. The minimum Gasteiger partial charge on any atom is -0.288 e. The lowest BCUT2D eigenvalue weighted by Crippen LogP contribution is -2.11. The standard InChI is InChI=1S/C22H17NO3S2/c1-14-5-4-6-16(13-14)20-21(24)18-7-2-3-8-19(18)27-22(20)15-9-11-17(12-10-15)28(23,25)26/h2-13H,1H3,(H2,23,25,26). The van der Waals surface area contributed by atoms with Crippen LogP contribution in [0.25, 0.3) is 31.7 Å². The van der Waals surface area contributed by atoms with Crippen molar-refractivity contribution in [2.24, 2.45) is 5.14 Å². The second kappa shape index (κ2) is 6.98. The molecule has 4 rings (SSSR count). The highest BCUT2D eigenvalue weighted by Crippen LogP contribution is 2.37. The fourth-order valence-corrected chi connectivity index (χ4v) is 4.92. The van der Waals surface area contributed by atoms with Crippen molar-refractivity contribution < 1.29 is 8.42 Å². The van der Waals surface area contributed by atoms with Crippen LogP contribution >= 0.6 is 11.3 Å². The third-order valence-electron chi connectivity index (χ3n) is 4.55. The van der Waals surface area contributed by atoms with E-state index in [1.54, 1.807) is 12.1 Å². The molecular weight excluding hydrogens is 390 g/mol. The first-order chi connectivity index (χ1) is 13.3. The summed E-state index contributed by atoms with van der Waals surface area (Å²) >= 11 is 1.51. The average molecular weight is 408 g/mol. The van der Waals surface area contributed by atoms with Gasteiger partial charge in [-0.3, -0.25) is 4.79 Å². The lowest BCUT2D eigenvalue weighted by atomic mass is 9.99. The van der Waals surface area contributed by atoms with Crippen LogP contribution in [0.1, 0.15) is 5.56 Å². The fourth-order valence-electron chi connectivity index (χ4n) is 3.20. The van der Waals surface area contributed by atoms with Crippen molar-refractivity contribution in [2.75, 3.05) is 0 Å². The molecule has 140 valence electrons. The van der Waals surface area contributed by atoms with Gasteiger partial charge in [-0.15, -0.1) is 11.3 Å². The minimum absolute atomic E-state index is 0.0366. The number of hydrogen-bond acceptors (Lipinski definition) is 4. The molecule has 4 aromatic rings. The molecule has 1 aromatic heterocycles. The summed E-state index contributed by atoms with van der Waals surface area (Å²) in [4.78, 5) is 14.2. The Hall–Kier alpha value is -2.80. The number of benzene rings is 3. The molecule has 0 aliphatic carbocycles. The highest BCUT2D eigenvalue weighted by molar-refractivity contribution is 7.89. The molecule has 0 bridgehead atoms. The molecule has 0 radical (unpaired) electrons. The number of fused-ring (bicyclic) bond motifs is 1. The SMILES string of the molecule is Cc1cccc(-c2c(-c3ccc(S(N)(=O)=O)cc3)sc3ccccc3c2=O)c1. The molecule has 28 heavy (non-hydrogen) atoms. The predicted octanol–water partition coefficient (Wildman–Crippen LogP) is 4.55. The zero-order valence-corrected chi connectivity index (χ0v) is 16.7. The van der Waals surface area contributed by atoms with Crippen LogP contribution in [-0.2, 0) is 10.0 Å². The largest absolute Gasteiger partial charge is 0.288 e. The van der Waals surface area contributed by atoms with E-state index in [-0.39, 0.29) is 10.3 Å². The topological polar surface area (TPSA) is 77.2 Å². The summed E-state index contributed by atoms with van der Waals surface area (Å²) in [6, 6.07) is 21.7. The Morgan fingerprint density at radius 3 is 2.25 bits per heavy atom. The average Bonchev–Trinajstić information content (AvgIpc) is 2.67. The van der Waals surface area contributed by atoms with Gasteiger partial charge >= 0.3 is 0 Å². The van der Waals surface area contributed by atoms with Gasteiger partial charge in [-0.25, -0.2) is 13.6 Å². The Bertz CT molecular complexity index is 1350. The maximum Gasteiger partial charge on any atom is 0.238 e. The van der Waals surface area contributed by atoms with E-state index in [0.717, 1.165) is 26.3 Å². The summed E-state index contributed by atoms with van der Waals surface area (Å²) in [6.07, 6.45) is 0. The van der Waals surface area contributed by atoms with Gasteiger partial charge in [0.05, 0.1) is 4.90 Å². The van der Waals surface area contributed by atoms with E-state index in [2.05, 4.69) is 0 Å². The van der Waals surface area contributed by atoms with Crippen LogP contribution < -0.4 is 10.6 Å². The van der Waals surface area contributed by atoms with Gasteiger partial charge in [0.25, 0.3) is 0 Å². The van der Waals surface area contributed by atoms with Crippen molar-refractivity contribution in [3.8, 4) is 21.6 Å². The van der Waals surface area contributed by atoms with E-state index >= 15 is 0 Å². The Labute approximate surface area is 167 Å². The maximum absolute atomic E-state index is 13.4. The molecule has 3 aromatic carbocycles. The van der Waals surface area contributed by atoms with Gasteiger partial charge in [0.2, 0.25) is 10.0 Å². The summed E-state index contributed by atoms with van der Waals surface area (Å²) in [5, 5.41) is 5.88. The molecule has 4 nitrogen and oxygen atoms in total. The zero-order chi connectivity index (χ0) is 19.9. The first kappa shape index (κ1) is 18.6. The van der Waals surface area contributed by atoms with Crippen molar-refractivity contribution in [1.82, 2.24) is 0 Å². The number of rotatable bonds is 3. The van der Waals surface area contributed by atoms with Gasteiger partial charge in [0.15, 0.2) is 5.43 Å². The van der Waals surface area contributed by atoms with Gasteiger partial charge in [-0.05, 0) is 42.3 Å². The van der Waals surface area contributed by atoms with E-state index in [0.29, 0.717) is 10.9 Å². The molecule has 0 spiro atoms. The molecule has 1 heterocycles. The van der Waals surface area contributed by atoms with E-state index in [1.807, 2.05) is 55.5 Å². The number of nitrogens with two attached hydrogens (primary N) is 1. The molecule has 0 fully saturated rings. The van der Waals surface area contributed by atoms with Gasteiger partial charge in [-0.1, -0.05) is 54.1 Å². The number of aryl methyl sites for hydroxylation is 1. The Morgan fingerprint density at radius 1 is 0.857 bits per heavy atom. The van der Waals surface area contributed by atoms with Crippen LogP contribution in [0.15, 0.2) is 82.5 Å². The minimum atomic E-state index is -3.77. The van der Waals surface area contributed by atoms with E-state index in [4.69, 9.17) is 5.14 Å². The summed E-state index contributed by atoms with van der Waals surface area (Å²) in [6.45, 7) is 1.99. The lowest BCUT2D eigenvalue weighted by Gasteiger charge is -2.12. The van der Waals surface area contributed by atoms with Crippen molar-refractivity contribution in [2.45, 2.75) is 11.8 Å². The first-order valence-corrected chi connectivity index (χ1v) is 11.0. The normalized spacial score (nSPS) is 11.6. The maximum atomic E-state index is 13.4. The molecule has 0 unspecified atom stereocenters. The number of primary sulfonamides is 1. The van der Waals surface area contributed by atoms with Crippen LogP contribution in [0.5, 0.6) is 0 Å². The molecule has 0 atom stereocenters. The first-order valence-electron chi connectivity index (χ1n) is 8.61. The van der Waals surface area contributed by atoms with Crippen molar-refractivity contribution in [3.63, 3.8) is 0 Å². The summed E-state index contributed by atoms with van der Waals surface area (Å²) in [7, 11) is -3.77. The summed E-state index contributed by atoms with van der Waals surface area (Å²) in [5.41, 5.74) is 3.26. The third kappa shape index (κ3) is 3.38. The van der Waals surface area contributed by atoms with Gasteiger partial charge in [-0.2, -0.15) is 0 Å². The molecule has 0 saturated heterocycles. The van der Waals surface area contributed by atoms with Crippen LogP contribution in [0.3, 0.4) is 0 Å². The quantitative estimate of drug-likeness (QED) is 0.541. The van der Waals surface area contributed by atoms with E-state index in [1.165, 1.54) is 23.5 Å². The van der Waals surface area contributed by atoms with Crippen molar-refractivity contribution >= 4 is 31.4 Å². The molecule has 0 saturated carbocycles. The molecular formula is C22H17NO3S2. The summed E-state index contributed by atoms with van der Waals surface area (Å²) in [5.74, 6) is 0. The summed E-state index contributed by atoms with van der Waals surface area (Å²) < 4.78 is 24.0. The number of sulfonamides is 1. The molecule has 2 N–H and O–H groups in total. The fraction of sp³-hybridized carbons (Fsp3) is 0.0455.